The molecule has 2 amide bonds. The number of nitrogen functional groups attached to an aromatic ring is 1. The standard InChI is InChI=1S/C12H18N6O/c1-18(2)12(19)15-4-3-14-11-6-10-8(5-9(11)13)7-16-17-10/h5-7,14H,3-4,13H2,1-2H3,(H,15,19)(H,16,17). The molecule has 0 spiro atoms. The van der Waals surface area contributed by atoms with E-state index < -0.39 is 0 Å². The maximum atomic E-state index is 11.3. The molecule has 0 saturated heterocycles. The van der Waals surface area contributed by atoms with E-state index >= 15 is 0 Å². The number of carbonyl (C=O) groups is 1. The average molecular weight is 262 g/mol. The van der Waals surface area contributed by atoms with E-state index in [2.05, 4.69) is 20.8 Å². The lowest BCUT2D eigenvalue weighted by atomic mass is 10.2. The van der Waals surface area contributed by atoms with Gasteiger partial charge in [-0.05, 0) is 12.1 Å². The van der Waals surface area contributed by atoms with E-state index in [4.69, 9.17) is 5.73 Å². The van der Waals surface area contributed by atoms with Crippen LogP contribution >= 0.6 is 0 Å². The summed E-state index contributed by atoms with van der Waals surface area (Å²) in [4.78, 5) is 12.8. The molecule has 19 heavy (non-hydrogen) atoms. The van der Waals surface area contributed by atoms with Crippen molar-refractivity contribution in [2.24, 2.45) is 0 Å². The smallest absolute Gasteiger partial charge is 0.316 e. The number of aromatic amines is 1. The first-order valence-electron chi connectivity index (χ1n) is 5.99. The Morgan fingerprint density at radius 2 is 2.21 bits per heavy atom. The Hall–Kier alpha value is -2.44. The molecule has 0 fully saturated rings. The minimum absolute atomic E-state index is 0.112. The van der Waals surface area contributed by atoms with Gasteiger partial charge in [-0.3, -0.25) is 5.10 Å². The van der Waals surface area contributed by atoms with Crippen LogP contribution in [0.1, 0.15) is 0 Å². The quantitative estimate of drug-likeness (QED) is 0.484. The van der Waals surface area contributed by atoms with E-state index in [9.17, 15) is 4.79 Å². The van der Waals surface area contributed by atoms with Crippen LogP contribution in [0.15, 0.2) is 18.3 Å². The zero-order chi connectivity index (χ0) is 13.8. The van der Waals surface area contributed by atoms with E-state index in [1.165, 1.54) is 4.90 Å². The summed E-state index contributed by atoms with van der Waals surface area (Å²) in [6.45, 7) is 1.13. The second-order valence-corrected chi connectivity index (χ2v) is 4.45. The van der Waals surface area contributed by atoms with Gasteiger partial charge in [-0.2, -0.15) is 5.10 Å². The summed E-state index contributed by atoms with van der Waals surface area (Å²) in [5.74, 6) is 0. The third-order valence-electron chi connectivity index (χ3n) is 2.73. The number of nitrogens with two attached hydrogens (primary N) is 1. The first kappa shape index (κ1) is 13.0. The van der Waals surface area contributed by atoms with Gasteiger partial charge in [-0.25, -0.2) is 4.79 Å². The first-order chi connectivity index (χ1) is 9.08. The lowest BCUT2D eigenvalue weighted by Gasteiger charge is -2.13. The Bertz CT molecular complexity index is 577. The number of hydrogen-bond donors (Lipinski definition) is 4. The number of nitrogens with zero attached hydrogens (tertiary/aromatic N) is 2. The first-order valence-corrected chi connectivity index (χ1v) is 5.99. The van der Waals surface area contributed by atoms with Crippen LogP contribution in [0, 0.1) is 0 Å². The van der Waals surface area contributed by atoms with Crippen molar-refractivity contribution in [3.63, 3.8) is 0 Å². The normalized spacial score (nSPS) is 10.4. The molecule has 102 valence electrons. The van der Waals surface area contributed by atoms with Gasteiger partial charge in [-0.15, -0.1) is 0 Å². The SMILES string of the molecule is CN(C)C(=O)NCCNc1cc2[nH]ncc2cc1N. The van der Waals surface area contributed by atoms with Gasteiger partial charge in [0.1, 0.15) is 0 Å². The van der Waals surface area contributed by atoms with Gasteiger partial charge in [0.25, 0.3) is 0 Å². The number of aromatic nitrogens is 2. The van der Waals surface area contributed by atoms with Gasteiger partial charge < -0.3 is 21.3 Å². The molecule has 7 heteroatoms. The fraction of sp³-hybridized carbons (Fsp3) is 0.333. The summed E-state index contributed by atoms with van der Waals surface area (Å²) < 4.78 is 0. The molecule has 0 atom stereocenters. The number of rotatable bonds is 4. The number of urea groups is 1. The second kappa shape index (κ2) is 5.47. The zero-order valence-corrected chi connectivity index (χ0v) is 11.0. The molecule has 0 aliphatic carbocycles. The van der Waals surface area contributed by atoms with Gasteiger partial charge in [0.15, 0.2) is 0 Å². The van der Waals surface area contributed by atoms with E-state index in [0.717, 1.165) is 16.6 Å². The molecule has 1 aromatic heterocycles. The number of anilines is 2. The Kier molecular flexibility index (Phi) is 3.74. The summed E-state index contributed by atoms with van der Waals surface area (Å²) >= 11 is 0. The third-order valence-corrected chi connectivity index (χ3v) is 2.73. The molecular formula is C12H18N6O. The molecular weight excluding hydrogens is 244 g/mol. The van der Waals surface area contributed by atoms with Crippen LogP contribution in [-0.4, -0.2) is 48.3 Å². The predicted octanol–water partition coefficient (Wildman–Crippen LogP) is 0.828. The summed E-state index contributed by atoms with van der Waals surface area (Å²) in [6, 6.07) is 3.66. The van der Waals surface area contributed by atoms with Gasteiger partial charge in [0.05, 0.1) is 23.1 Å². The van der Waals surface area contributed by atoms with Crippen molar-refractivity contribution in [1.82, 2.24) is 20.4 Å². The molecule has 0 aliphatic heterocycles. The number of fused-ring (bicyclic) bond motifs is 1. The fourth-order valence-electron chi connectivity index (χ4n) is 1.69. The number of nitrogens with one attached hydrogen (secondary N) is 3. The molecule has 0 unspecified atom stereocenters. The van der Waals surface area contributed by atoms with Gasteiger partial charge >= 0.3 is 6.03 Å². The van der Waals surface area contributed by atoms with Crippen LogP contribution in [0.4, 0.5) is 16.2 Å². The molecule has 0 radical (unpaired) electrons. The van der Waals surface area contributed by atoms with Crippen molar-refractivity contribution < 1.29 is 4.79 Å². The largest absolute Gasteiger partial charge is 0.397 e. The van der Waals surface area contributed by atoms with Crippen LogP contribution in [0.5, 0.6) is 0 Å². The molecule has 0 saturated carbocycles. The third kappa shape index (κ3) is 3.06. The van der Waals surface area contributed by atoms with Crippen molar-refractivity contribution in [2.75, 3.05) is 38.2 Å². The van der Waals surface area contributed by atoms with Crippen LogP contribution in [-0.2, 0) is 0 Å². The van der Waals surface area contributed by atoms with Crippen molar-refractivity contribution in [3.8, 4) is 0 Å². The van der Waals surface area contributed by atoms with E-state index in [1.54, 1.807) is 20.3 Å². The highest BCUT2D eigenvalue weighted by Crippen LogP contribution is 2.24. The minimum atomic E-state index is -0.112. The molecule has 1 aromatic carbocycles. The maximum Gasteiger partial charge on any atom is 0.316 e. The lowest BCUT2D eigenvalue weighted by Crippen LogP contribution is -2.37. The van der Waals surface area contributed by atoms with Crippen LogP contribution < -0.4 is 16.4 Å². The van der Waals surface area contributed by atoms with Gasteiger partial charge in [0.2, 0.25) is 0 Å². The Morgan fingerprint density at radius 1 is 1.42 bits per heavy atom. The van der Waals surface area contributed by atoms with Gasteiger partial charge in [0, 0.05) is 32.6 Å². The summed E-state index contributed by atoms with van der Waals surface area (Å²) in [5.41, 5.74) is 8.35. The predicted molar refractivity (Wildman–Crippen MR) is 76.1 cm³/mol. The molecule has 0 aliphatic rings. The number of hydrogen-bond acceptors (Lipinski definition) is 4. The van der Waals surface area contributed by atoms with Crippen molar-refractivity contribution in [1.29, 1.82) is 0 Å². The van der Waals surface area contributed by atoms with Crippen LogP contribution in [0.25, 0.3) is 10.9 Å². The van der Waals surface area contributed by atoms with E-state index in [1.807, 2.05) is 12.1 Å². The highest BCUT2D eigenvalue weighted by Gasteiger charge is 2.04. The molecule has 1 heterocycles. The topological polar surface area (TPSA) is 99.1 Å². The molecule has 5 N–H and O–H groups in total. The molecule has 2 rings (SSSR count). The fourth-order valence-corrected chi connectivity index (χ4v) is 1.69. The Morgan fingerprint density at radius 3 is 2.95 bits per heavy atom. The molecule has 2 aromatic rings. The Labute approximate surface area is 111 Å². The van der Waals surface area contributed by atoms with Crippen molar-refractivity contribution >= 4 is 28.3 Å². The number of carbonyl (C=O) groups excluding carboxylic acids is 1. The van der Waals surface area contributed by atoms with Crippen LogP contribution in [0.3, 0.4) is 0 Å². The van der Waals surface area contributed by atoms with E-state index in [-0.39, 0.29) is 6.03 Å². The maximum absolute atomic E-state index is 11.3. The molecule has 0 bridgehead atoms. The minimum Gasteiger partial charge on any atom is -0.397 e. The highest BCUT2D eigenvalue weighted by atomic mass is 16.2. The van der Waals surface area contributed by atoms with Crippen LogP contribution in [0.2, 0.25) is 0 Å². The number of benzene rings is 1. The van der Waals surface area contributed by atoms with Crippen molar-refractivity contribution in [2.45, 2.75) is 0 Å². The monoisotopic (exact) mass is 262 g/mol. The lowest BCUT2D eigenvalue weighted by molar-refractivity contribution is 0.218. The number of amides is 2. The zero-order valence-electron chi connectivity index (χ0n) is 11.0. The Balaban J connectivity index is 1.90. The summed E-state index contributed by atoms with van der Waals surface area (Å²) in [5, 5.41) is 13.8. The summed E-state index contributed by atoms with van der Waals surface area (Å²) in [6.07, 6.45) is 1.73. The molecule has 7 nitrogen and oxygen atoms in total. The average Bonchev–Trinajstić information content (AvgIpc) is 2.81. The highest BCUT2D eigenvalue weighted by molar-refractivity contribution is 5.88. The second-order valence-electron chi connectivity index (χ2n) is 4.45. The van der Waals surface area contributed by atoms with E-state index in [0.29, 0.717) is 18.8 Å². The summed E-state index contributed by atoms with van der Waals surface area (Å²) in [7, 11) is 3.40. The van der Waals surface area contributed by atoms with Gasteiger partial charge in [-0.1, -0.05) is 0 Å². The number of H-pyrrole nitrogens is 1. The van der Waals surface area contributed by atoms with Crippen molar-refractivity contribution in [3.05, 3.63) is 18.3 Å².